The van der Waals surface area contributed by atoms with E-state index in [4.69, 9.17) is 0 Å². The van der Waals surface area contributed by atoms with Crippen LogP contribution in [0.2, 0.25) is 0 Å². The quantitative estimate of drug-likeness (QED) is 0.728. The van der Waals surface area contributed by atoms with Crippen LogP contribution in [0.15, 0.2) is 0 Å². The van der Waals surface area contributed by atoms with Gasteiger partial charge >= 0.3 is 0 Å². The molecule has 0 aliphatic carbocycles. The van der Waals surface area contributed by atoms with E-state index in [1.807, 2.05) is 0 Å². The fourth-order valence-electron chi connectivity index (χ4n) is 1.50. The minimum absolute atomic E-state index is 0.0945. The zero-order valence-corrected chi connectivity index (χ0v) is 10.2. The van der Waals surface area contributed by atoms with Crippen molar-refractivity contribution >= 4 is 15.9 Å². The number of hydrogen-bond donors (Lipinski definition) is 1. The first-order valence-electron chi connectivity index (χ1n) is 4.56. The maximum absolute atomic E-state index is 9.23. The molecule has 0 bridgehead atoms. The highest BCUT2D eigenvalue weighted by molar-refractivity contribution is 9.09. The summed E-state index contributed by atoms with van der Waals surface area (Å²) in [5.74, 6) is 0. The maximum Gasteiger partial charge on any atom is 0.0484 e. The number of aliphatic hydroxyl groups excluding tert-OH is 1. The first-order valence-corrected chi connectivity index (χ1v) is 5.68. The zero-order valence-electron chi connectivity index (χ0n) is 8.65. The minimum atomic E-state index is 0.0945. The van der Waals surface area contributed by atoms with E-state index in [-0.39, 0.29) is 10.8 Å². The highest BCUT2D eigenvalue weighted by Crippen LogP contribution is 2.36. The zero-order chi connectivity index (χ0) is 9.83. The first-order chi connectivity index (χ1) is 5.39. The second kappa shape index (κ2) is 4.61. The highest BCUT2D eigenvalue weighted by atomic mass is 79.9. The lowest BCUT2D eigenvalue weighted by molar-refractivity contribution is 0.0915. The summed E-state index contributed by atoms with van der Waals surface area (Å²) in [7, 11) is 0. The van der Waals surface area contributed by atoms with E-state index in [2.05, 4.69) is 43.6 Å². The smallest absolute Gasteiger partial charge is 0.0484 e. The van der Waals surface area contributed by atoms with Gasteiger partial charge in [0.25, 0.3) is 0 Å². The second-order valence-electron chi connectivity index (χ2n) is 4.80. The summed E-state index contributed by atoms with van der Waals surface area (Å²) in [6.45, 7) is 9.04. The summed E-state index contributed by atoms with van der Waals surface area (Å²) in [4.78, 5) is 0. The Kier molecular flexibility index (Phi) is 4.78. The second-order valence-corrected chi connectivity index (χ2v) is 5.36. The lowest BCUT2D eigenvalue weighted by Crippen LogP contribution is -2.29. The summed E-state index contributed by atoms with van der Waals surface area (Å²) in [5, 5.41) is 10.2. The molecule has 0 spiro atoms. The molecule has 0 saturated carbocycles. The van der Waals surface area contributed by atoms with Gasteiger partial charge in [-0.05, 0) is 23.7 Å². The van der Waals surface area contributed by atoms with E-state index in [1.54, 1.807) is 0 Å². The molecule has 0 heterocycles. The molecule has 0 saturated heterocycles. The third-order valence-electron chi connectivity index (χ3n) is 2.50. The average molecular weight is 237 g/mol. The fourth-order valence-corrected chi connectivity index (χ4v) is 1.69. The molecule has 0 aromatic heterocycles. The molecule has 0 aliphatic rings. The molecule has 12 heavy (non-hydrogen) atoms. The van der Waals surface area contributed by atoms with E-state index < -0.39 is 0 Å². The van der Waals surface area contributed by atoms with Crippen molar-refractivity contribution in [1.29, 1.82) is 0 Å². The van der Waals surface area contributed by atoms with Crippen molar-refractivity contribution in [2.75, 3.05) is 11.9 Å². The molecule has 74 valence electrons. The van der Waals surface area contributed by atoms with Crippen molar-refractivity contribution in [3.05, 3.63) is 0 Å². The standard InChI is InChI=1S/C10H21BrO/c1-5-10(4,8-12)6-9(2,3)7-11/h12H,5-8H2,1-4H3. The summed E-state index contributed by atoms with van der Waals surface area (Å²) in [5.41, 5.74) is 0.380. The summed E-state index contributed by atoms with van der Waals surface area (Å²) < 4.78 is 0. The molecule has 0 aromatic carbocycles. The fraction of sp³-hybridized carbons (Fsp3) is 1.00. The normalized spacial score (nSPS) is 17.5. The lowest BCUT2D eigenvalue weighted by Gasteiger charge is -2.34. The largest absolute Gasteiger partial charge is 0.396 e. The van der Waals surface area contributed by atoms with Crippen molar-refractivity contribution in [2.24, 2.45) is 10.8 Å². The third kappa shape index (κ3) is 3.90. The van der Waals surface area contributed by atoms with Gasteiger partial charge in [-0.2, -0.15) is 0 Å². The van der Waals surface area contributed by atoms with Crippen LogP contribution in [0.25, 0.3) is 0 Å². The maximum atomic E-state index is 9.23. The van der Waals surface area contributed by atoms with Gasteiger partial charge in [0.2, 0.25) is 0 Å². The van der Waals surface area contributed by atoms with E-state index >= 15 is 0 Å². The molecule has 2 heteroatoms. The first kappa shape index (κ1) is 12.4. The van der Waals surface area contributed by atoms with Crippen LogP contribution >= 0.6 is 15.9 Å². The number of hydrogen-bond acceptors (Lipinski definition) is 1. The summed E-state index contributed by atoms with van der Waals surface area (Å²) in [6, 6.07) is 0. The number of alkyl halides is 1. The van der Waals surface area contributed by atoms with Gasteiger partial charge in [0.15, 0.2) is 0 Å². The number of rotatable bonds is 5. The lowest BCUT2D eigenvalue weighted by atomic mass is 9.74. The van der Waals surface area contributed by atoms with E-state index in [9.17, 15) is 5.11 Å². The van der Waals surface area contributed by atoms with Crippen molar-refractivity contribution < 1.29 is 5.11 Å². The molecule has 0 fully saturated rings. The predicted octanol–water partition coefficient (Wildman–Crippen LogP) is 3.21. The van der Waals surface area contributed by atoms with Crippen LogP contribution in [-0.2, 0) is 0 Å². The number of halogens is 1. The molecular weight excluding hydrogens is 216 g/mol. The summed E-state index contributed by atoms with van der Waals surface area (Å²) >= 11 is 3.50. The van der Waals surface area contributed by atoms with Gasteiger partial charge in [-0.25, -0.2) is 0 Å². The monoisotopic (exact) mass is 236 g/mol. The van der Waals surface area contributed by atoms with Gasteiger partial charge in [-0.1, -0.05) is 43.6 Å². The SMILES string of the molecule is CCC(C)(CO)CC(C)(C)CBr. The Morgan fingerprint density at radius 3 is 2.00 bits per heavy atom. The van der Waals surface area contributed by atoms with Gasteiger partial charge in [0.05, 0.1) is 0 Å². The molecule has 0 aliphatic heterocycles. The minimum Gasteiger partial charge on any atom is -0.396 e. The van der Waals surface area contributed by atoms with Crippen LogP contribution in [0.1, 0.15) is 40.5 Å². The Morgan fingerprint density at radius 2 is 1.75 bits per heavy atom. The highest BCUT2D eigenvalue weighted by Gasteiger charge is 2.29. The molecule has 1 nitrogen and oxygen atoms in total. The van der Waals surface area contributed by atoms with Crippen molar-refractivity contribution in [3.8, 4) is 0 Å². The van der Waals surface area contributed by atoms with Crippen molar-refractivity contribution in [1.82, 2.24) is 0 Å². The molecule has 1 unspecified atom stereocenters. The van der Waals surface area contributed by atoms with E-state index in [0.29, 0.717) is 6.61 Å². The Balaban J connectivity index is 4.20. The predicted molar refractivity (Wildman–Crippen MR) is 57.7 cm³/mol. The Bertz CT molecular complexity index is 128. The van der Waals surface area contributed by atoms with Gasteiger partial charge in [-0.3, -0.25) is 0 Å². The van der Waals surface area contributed by atoms with Crippen LogP contribution < -0.4 is 0 Å². The Labute approximate surface area is 84.7 Å². The van der Waals surface area contributed by atoms with Crippen LogP contribution in [0, 0.1) is 10.8 Å². The summed E-state index contributed by atoms with van der Waals surface area (Å²) in [6.07, 6.45) is 2.11. The Hall–Kier alpha value is 0.440. The van der Waals surface area contributed by atoms with E-state index in [1.165, 1.54) is 0 Å². The molecule has 0 radical (unpaired) electrons. The topological polar surface area (TPSA) is 20.2 Å². The molecule has 0 rings (SSSR count). The van der Waals surface area contributed by atoms with Crippen LogP contribution in [-0.4, -0.2) is 17.0 Å². The molecular formula is C10H21BrO. The van der Waals surface area contributed by atoms with Gasteiger partial charge < -0.3 is 5.11 Å². The third-order valence-corrected chi connectivity index (χ3v) is 4.02. The van der Waals surface area contributed by atoms with Crippen molar-refractivity contribution in [3.63, 3.8) is 0 Å². The molecule has 1 atom stereocenters. The molecule has 1 N–H and O–H groups in total. The van der Waals surface area contributed by atoms with Crippen LogP contribution in [0.5, 0.6) is 0 Å². The van der Waals surface area contributed by atoms with Crippen LogP contribution in [0.3, 0.4) is 0 Å². The average Bonchev–Trinajstić information content (AvgIpc) is 2.04. The Morgan fingerprint density at radius 1 is 1.25 bits per heavy atom. The van der Waals surface area contributed by atoms with Gasteiger partial charge in [0.1, 0.15) is 0 Å². The number of aliphatic hydroxyl groups is 1. The van der Waals surface area contributed by atoms with Gasteiger partial charge in [-0.15, -0.1) is 0 Å². The molecule has 0 aromatic rings. The molecule has 0 amide bonds. The van der Waals surface area contributed by atoms with E-state index in [0.717, 1.165) is 18.2 Å². The van der Waals surface area contributed by atoms with Crippen LogP contribution in [0.4, 0.5) is 0 Å². The van der Waals surface area contributed by atoms with Crippen molar-refractivity contribution in [2.45, 2.75) is 40.5 Å². The van der Waals surface area contributed by atoms with Gasteiger partial charge in [0, 0.05) is 11.9 Å².